The molecule has 0 aliphatic carbocycles. The molecule has 2 rings (SSSR count). The second kappa shape index (κ2) is 10.1. The van der Waals surface area contributed by atoms with E-state index in [2.05, 4.69) is 22.4 Å². The second-order valence-corrected chi connectivity index (χ2v) is 5.57. The summed E-state index contributed by atoms with van der Waals surface area (Å²) in [5.74, 6) is 0.428. The van der Waals surface area contributed by atoms with Gasteiger partial charge in [-0.3, -0.25) is 5.43 Å². The normalized spacial score (nSPS) is 10.4. The smallest absolute Gasteiger partial charge is 0.187 e. The molecule has 0 heterocycles. The van der Waals surface area contributed by atoms with Gasteiger partial charge < -0.3 is 14.8 Å². The lowest BCUT2D eigenvalue weighted by molar-refractivity contribution is 0.282. The highest BCUT2D eigenvalue weighted by atomic mass is 32.1. The van der Waals surface area contributed by atoms with Gasteiger partial charge in [0.1, 0.15) is 12.4 Å². The van der Waals surface area contributed by atoms with Crippen LogP contribution in [0.3, 0.4) is 0 Å². The van der Waals surface area contributed by atoms with Gasteiger partial charge >= 0.3 is 0 Å². The summed E-state index contributed by atoms with van der Waals surface area (Å²) in [5.41, 5.74) is 4.30. The topological polar surface area (TPSA) is 54.9 Å². The molecule has 0 aromatic heterocycles. The highest BCUT2D eigenvalue weighted by Crippen LogP contribution is 2.23. The summed E-state index contributed by atoms with van der Waals surface area (Å²) in [6.45, 7) is 4.32. The molecule has 0 fully saturated rings. The molecule has 0 spiro atoms. The number of nitrogens with zero attached hydrogens (tertiary/aromatic N) is 1. The minimum absolute atomic E-state index is 0.165. The SMILES string of the molecule is C=CCNC(=S)NN=Cc1ccc(OC)c(COc2ccccc2F)c1. The fourth-order valence-electron chi connectivity index (χ4n) is 2.08. The predicted octanol–water partition coefficient (Wildman–Crippen LogP) is 3.40. The van der Waals surface area contributed by atoms with Crippen molar-refractivity contribution >= 4 is 23.5 Å². The molecule has 2 aromatic carbocycles. The van der Waals surface area contributed by atoms with Crippen molar-refractivity contribution in [3.63, 3.8) is 0 Å². The van der Waals surface area contributed by atoms with E-state index < -0.39 is 5.82 Å². The van der Waals surface area contributed by atoms with Crippen LogP contribution in [0.1, 0.15) is 11.1 Å². The number of halogens is 1. The van der Waals surface area contributed by atoms with Crippen LogP contribution >= 0.6 is 12.2 Å². The van der Waals surface area contributed by atoms with Gasteiger partial charge in [-0.05, 0) is 48.1 Å². The van der Waals surface area contributed by atoms with Gasteiger partial charge in [0.05, 0.1) is 13.3 Å². The van der Waals surface area contributed by atoms with Crippen molar-refractivity contribution in [3.8, 4) is 11.5 Å². The molecule has 0 bridgehead atoms. The van der Waals surface area contributed by atoms with Crippen LogP contribution in [-0.4, -0.2) is 25.0 Å². The van der Waals surface area contributed by atoms with Crippen LogP contribution < -0.4 is 20.2 Å². The molecule has 0 saturated carbocycles. The number of thiocarbonyl (C=S) groups is 1. The second-order valence-electron chi connectivity index (χ2n) is 5.16. The summed E-state index contributed by atoms with van der Waals surface area (Å²) < 4.78 is 24.6. The Morgan fingerprint density at radius 3 is 2.81 bits per heavy atom. The molecular weight excluding hydrogens is 353 g/mol. The molecule has 2 N–H and O–H groups in total. The van der Waals surface area contributed by atoms with E-state index in [1.807, 2.05) is 12.1 Å². The van der Waals surface area contributed by atoms with Crippen LogP contribution in [0, 0.1) is 5.82 Å². The lowest BCUT2D eigenvalue weighted by Gasteiger charge is -2.11. The lowest BCUT2D eigenvalue weighted by Crippen LogP contribution is -2.31. The number of ether oxygens (including phenoxy) is 2. The zero-order valence-corrected chi connectivity index (χ0v) is 15.2. The van der Waals surface area contributed by atoms with Gasteiger partial charge in [-0.1, -0.05) is 18.2 Å². The van der Waals surface area contributed by atoms with Gasteiger partial charge in [-0.15, -0.1) is 6.58 Å². The summed E-state index contributed by atoms with van der Waals surface area (Å²) >= 11 is 5.05. The Hall–Kier alpha value is -2.93. The molecule has 0 unspecified atom stereocenters. The minimum Gasteiger partial charge on any atom is -0.496 e. The Labute approximate surface area is 157 Å². The molecule has 26 heavy (non-hydrogen) atoms. The first-order valence-electron chi connectivity index (χ1n) is 7.86. The molecule has 5 nitrogen and oxygen atoms in total. The van der Waals surface area contributed by atoms with Crippen molar-refractivity contribution in [3.05, 3.63) is 72.1 Å². The maximum atomic E-state index is 13.7. The summed E-state index contributed by atoms with van der Waals surface area (Å²) in [4.78, 5) is 0. The van der Waals surface area contributed by atoms with E-state index in [0.717, 1.165) is 11.1 Å². The monoisotopic (exact) mass is 373 g/mol. The minimum atomic E-state index is -0.408. The maximum absolute atomic E-state index is 13.7. The number of nitrogens with one attached hydrogen (secondary N) is 2. The Morgan fingerprint density at radius 1 is 1.27 bits per heavy atom. The zero-order valence-electron chi connectivity index (χ0n) is 14.4. The van der Waals surface area contributed by atoms with E-state index in [0.29, 0.717) is 17.4 Å². The lowest BCUT2D eigenvalue weighted by atomic mass is 10.1. The molecule has 0 amide bonds. The standard InChI is InChI=1S/C19H20FN3O2S/c1-3-10-21-19(26)23-22-12-14-8-9-17(24-2)15(11-14)13-25-18-7-5-4-6-16(18)20/h3-9,11-12H,1,10,13H2,2H3,(H2,21,23,26). The summed E-state index contributed by atoms with van der Waals surface area (Å²) in [7, 11) is 1.57. The quantitative estimate of drug-likeness (QED) is 0.321. The number of benzene rings is 2. The molecule has 2 aromatic rings. The van der Waals surface area contributed by atoms with Crippen molar-refractivity contribution in [2.45, 2.75) is 6.61 Å². The Bertz CT molecular complexity index is 796. The van der Waals surface area contributed by atoms with Crippen molar-refractivity contribution in [1.29, 1.82) is 0 Å². The van der Waals surface area contributed by atoms with Gasteiger partial charge in [0.15, 0.2) is 16.7 Å². The highest BCUT2D eigenvalue weighted by molar-refractivity contribution is 7.80. The molecule has 0 radical (unpaired) electrons. The number of hydrogen-bond acceptors (Lipinski definition) is 4. The molecule has 0 aliphatic heterocycles. The van der Waals surface area contributed by atoms with Gasteiger partial charge in [0, 0.05) is 12.1 Å². The van der Waals surface area contributed by atoms with Gasteiger partial charge in [-0.2, -0.15) is 5.10 Å². The van der Waals surface area contributed by atoms with Gasteiger partial charge in [0.25, 0.3) is 0 Å². The van der Waals surface area contributed by atoms with Gasteiger partial charge in [0.2, 0.25) is 0 Å². The number of hydrogen-bond donors (Lipinski definition) is 2. The number of rotatable bonds is 8. The van der Waals surface area contributed by atoms with Crippen LogP contribution in [0.4, 0.5) is 4.39 Å². The van der Waals surface area contributed by atoms with E-state index in [4.69, 9.17) is 21.7 Å². The van der Waals surface area contributed by atoms with Crippen molar-refractivity contribution in [2.24, 2.45) is 5.10 Å². The van der Waals surface area contributed by atoms with Crippen LogP contribution in [0.5, 0.6) is 11.5 Å². The molecule has 0 atom stereocenters. The number of hydrazone groups is 1. The van der Waals surface area contributed by atoms with Crippen molar-refractivity contribution in [1.82, 2.24) is 10.7 Å². The third kappa shape index (κ3) is 5.86. The van der Waals surface area contributed by atoms with Crippen LogP contribution in [0.2, 0.25) is 0 Å². The summed E-state index contributed by atoms with van der Waals surface area (Å²) in [6, 6.07) is 11.8. The largest absolute Gasteiger partial charge is 0.496 e. The van der Waals surface area contributed by atoms with E-state index >= 15 is 0 Å². The average Bonchev–Trinajstić information content (AvgIpc) is 2.66. The van der Waals surface area contributed by atoms with E-state index in [1.54, 1.807) is 43.7 Å². The average molecular weight is 373 g/mol. The van der Waals surface area contributed by atoms with Gasteiger partial charge in [-0.25, -0.2) is 4.39 Å². The Balaban J connectivity index is 2.04. The first-order valence-corrected chi connectivity index (χ1v) is 8.27. The van der Waals surface area contributed by atoms with Crippen LogP contribution in [0.15, 0.2) is 60.2 Å². The third-order valence-corrected chi connectivity index (χ3v) is 3.55. The van der Waals surface area contributed by atoms with E-state index in [1.165, 1.54) is 6.07 Å². The fourth-order valence-corrected chi connectivity index (χ4v) is 2.21. The molecule has 136 valence electrons. The van der Waals surface area contributed by atoms with Crippen LogP contribution in [0.25, 0.3) is 0 Å². The maximum Gasteiger partial charge on any atom is 0.187 e. The van der Waals surface area contributed by atoms with Crippen molar-refractivity contribution in [2.75, 3.05) is 13.7 Å². The number of methoxy groups -OCH3 is 1. The zero-order chi connectivity index (χ0) is 18.8. The molecular formula is C19H20FN3O2S. The third-order valence-electron chi connectivity index (χ3n) is 3.31. The first kappa shape index (κ1) is 19.4. The Morgan fingerprint density at radius 2 is 2.08 bits per heavy atom. The number of para-hydroxylation sites is 1. The van der Waals surface area contributed by atoms with E-state index in [-0.39, 0.29) is 12.4 Å². The van der Waals surface area contributed by atoms with E-state index in [9.17, 15) is 4.39 Å². The predicted molar refractivity (Wildman–Crippen MR) is 105 cm³/mol. The Kier molecular flexibility index (Phi) is 7.57. The summed E-state index contributed by atoms with van der Waals surface area (Å²) in [5, 5.41) is 7.37. The fraction of sp³-hybridized carbons (Fsp3) is 0.158. The van der Waals surface area contributed by atoms with Crippen LogP contribution in [-0.2, 0) is 6.61 Å². The highest BCUT2D eigenvalue weighted by Gasteiger charge is 2.07. The summed E-state index contributed by atoms with van der Waals surface area (Å²) in [6.07, 6.45) is 3.32. The first-order chi connectivity index (χ1) is 12.6. The molecule has 7 heteroatoms. The molecule has 0 aliphatic rings. The van der Waals surface area contributed by atoms with Crippen molar-refractivity contribution < 1.29 is 13.9 Å². The molecule has 0 saturated heterocycles.